The van der Waals surface area contributed by atoms with Crippen molar-refractivity contribution < 1.29 is 4.79 Å². The molecule has 2 aliphatic rings. The summed E-state index contributed by atoms with van der Waals surface area (Å²) in [5, 5.41) is 10.3. The largest absolute Gasteiger partial charge is 0.292 e. The number of benzene rings is 1. The molecule has 2 aliphatic heterocycles. The summed E-state index contributed by atoms with van der Waals surface area (Å²) in [6.45, 7) is 0.223. The number of fused-ring (bicyclic) bond motifs is 4. The van der Waals surface area contributed by atoms with Crippen LogP contribution >= 0.6 is 0 Å². The lowest BCUT2D eigenvalue weighted by molar-refractivity contribution is 0.101. The number of carbonyl (C=O) groups is 1. The van der Waals surface area contributed by atoms with E-state index in [1.165, 1.54) is 0 Å². The number of Topliss-reactive ketones (excluding diaryl/α,β-unsaturated/α-hetero) is 1. The van der Waals surface area contributed by atoms with Crippen LogP contribution in [-0.2, 0) is 0 Å². The van der Waals surface area contributed by atoms with Gasteiger partial charge in [0.15, 0.2) is 11.6 Å². The van der Waals surface area contributed by atoms with Crippen molar-refractivity contribution in [3.05, 3.63) is 34.3 Å². The van der Waals surface area contributed by atoms with Crippen molar-refractivity contribution in [2.45, 2.75) is 0 Å². The maximum absolute atomic E-state index is 11.8. The molecule has 0 radical (unpaired) electrons. The molecule has 1 aromatic carbocycles. The van der Waals surface area contributed by atoms with E-state index >= 15 is 0 Å². The van der Waals surface area contributed by atoms with Crippen molar-refractivity contribution in [2.24, 2.45) is 15.2 Å². The van der Waals surface area contributed by atoms with Crippen molar-refractivity contribution in [1.29, 1.82) is 0 Å². The Hall–Kier alpha value is -2.43. The molecule has 5 nitrogen and oxygen atoms in total. The first-order valence-electron chi connectivity index (χ1n) is 5.25. The van der Waals surface area contributed by atoms with Crippen LogP contribution in [-0.4, -0.2) is 17.3 Å². The zero-order valence-corrected chi connectivity index (χ0v) is 8.71. The van der Waals surface area contributed by atoms with Crippen molar-refractivity contribution in [3.63, 3.8) is 0 Å². The van der Waals surface area contributed by atoms with Gasteiger partial charge in [-0.1, -0.05) is 6.07 Å². The summed E-state index contributed by atoms with van der Waals surface area (Å²) in [7, 11) is 0. The number of hydrogen-bond donors (Lipinski definition) is 0. The molecule has 0 saturated carbocycles. The number of hydrogen-bond acceptors (Lipinski definition) is 5. The van der Waals surface area contributed by atoms with Gasteiger partial charge in [0.1, 0.15) is 6.54 Å². The first kappa shape index (κ1) is 8.69. The molecule has 0 atom stereocenters. The van der Waals surface area contributed by atoms with Crippen molar-refractivity contribution >= 4 is 28.7 Å². The summed E-state index contributed by atoms with van der Waals surface area (Å²) in [6.07, 6.45) is 1.67. The number of ketones is 1. The van der Waals surface area contributed by atoms with Gasteiger partial charge in [-0.25, -0.2) is 4.98 Å². The molecular weight excluding hydrogens is 216 g/mol. The molecule has 3 heterocycles. The molecule has 1 aromatic heterocycles. The van der Waals surface area contributed by atoms with Crippen LogP contribution in [0.1, 0.15) is 10.4 Å². The highest BCUT2D eigenvalue weighted by Crippen LogP contribution is 2.19. The predicted molar refractivity (Wildman–Crippen MR) is 60.7 cm³/mol. The average Bonchev–Trinajstić information content (AvgIpc) is 2.92. The number of aromatic nitrogens is 1. The summed E-state index contributed by atoms with van der Waals surface area (Å²) in [5.41, 5.74) is 1.30. The highest BCUT2D eigenvalue weighted by atomic mass is 16.1. The molecular formula is C12H6N4O. The Morgan fingerprint density at radius 3 is 3.12 bits per heavy atom. The molecule has 2 aromatic rings. The summed E-state index contributed by atoms with van der Waals surface area (Å²) >= 11 is 0. The highest BCUT2D eigenvalue weighted by molar-refractivity contribution is 6.09. The normalized spacial score (nSPS) is 15.6. The minimum Gasteiger partial charge on any atom is -0.292 e. The van der Waals surface area contributed by atoms with Crippen LogP contribution in [0.4, 0.5) is 5.82 Å². The van der Waals surface area contributed by atoms with E-state index < -0.39 is 0 Å². The van der Waals surface area contributed by atoms with E-state index in [-0.39, 0.29) is 12.3 Å². The Kier molecular flexibility index (Phi) is 1.44. The summed E-state index contributed by atoms with van der Waals surface area (Å²) < 4.78 is 0. The third-order valence-corrected chi connectivity index (χ3v) is 3.00. The molecule has 0 bridgehead atoms. The first-order valence-corrected chi connectivity index (χ1v) is 5.25. The fourth-order valence-corrected chi connectivity index (χ4v) is 2.20. The van der Waals surface area contributed by atoms with E-state index in [0.717, 1.165) is 16.0 Å². The average molecular weight is 222 g/mol. The zero-order valence-electron chi connectivity index (χ0n) is 8.71. The maximum atomic E-state index is 11.8. The summed E-state index contributed by atoms with van der Waals surface area (Å²) in [5.74, 6) is 0.600. The fraction of sp³-hybridized carbons (Fsp3) is 0.0833. The van der Waals surface area contributed by atoms with Crippen LogP contribution < -0.4 is 10.6 Å². The summed E-state index contributed by atoms with van der Waals surface area (Å²) in [4.78, 5) is 20.4. The molecule has 0 unspecified atom stereocenters. The minimum atomic E-state index is 0.0250. The Morgan fingerprint density at radius 2 is 2.18 bits per heavy atom. The number of azo groups is 1. The lowest BCUT2D eigenvalue weighted by Crippen LogP contribution is -2.11. The Balaban J connectivity index is 2.24. The van der Waals surface area contributed by atoms with E-state index in [2.05, 4.69) is 20.2 Å². The molecule has 80 valence electrons. The highest BCUT2D eigenvalue weighted by Gasteiger charge is 2.19. The number of pyridine rings is 1. The van der Waals surface area contributed by atoms with Gasteiger partial charge in [-0.05, 0) is 12.1 Å². The molecule has 0 spiro atoms. The van der Waals surface area contributed by atoms with Gasteiger partial charge in [0.05, 0.1) is 22.6 Å². The Labute approximate surface area is 95.2 Å². The van der Waals surface area contributed by atoms with E-state index in [4.69, 9.17) is 0 Å². The van der Waals surface area contributed by atoms with Gasteiger partial charge in [0.2, 0.25) is 0 Å². The molecule has 0 fully saturated rings. The van der Waals surface area contributed by atoms with E-state index in [0.29, 0.717) is 16.9 Å². The van der Waals surface area contributed by atoms with E-state index in [1.54, 1.807) is 6.20 Å². The zero-order chi connectivity index (χ0) is 11.4. The van der Waals surface area contributed by atoms with E-state index in [1.807, 2.05) is 18.2 Å². The molecule has 0 amide bonds. The van der Waals surface area contributed by atoms with Gasteiger partial charge in [0, 0.05) is 10.6 Å². The number of nitrogens with zero attached hydrogens (tertiary/aromatic N) is 4. The van der Waals surface area contributed by atoms with Crippen LogP contribution in [0.25, 0.3) is 17.1 Å². The lowest BCUT2D eigenvalue weighted by Gasteiger charge is -2.00. The van der Waals surface area contributed by atoms with Crippen molar-refractivity contribution in [3.8, 4) is 0 Å². The molecule has 5 heteroatoms. The maximum Gasteiger partial charge on any atom is 0.188 e. The quantitative estimate of drug-likeness (QED) is 0.664. The molecule has 0 saturated heterocycles. The smallest absolute Gasteiger partial charge is 0.188 e. The Morgan fingerprint density at radius 1 is 1.24 bits per heavy atom. The first-order chi connectivity index (χ1) is 8.33. The number of rotatable bonds is 0. The molecule has 0 N–H and O–H groups in total. The molecule has 4 rings (SSSR count). The molecule has 17 heavy (non-hydrogen) atoms. The van der Waals surface area contributed by atoms with Gasteiger partial charge >= 0.3 is 0 Å². The van der Waals surface area contributed by atoms with Gasteiger partial charge < -0.3 is 0 Å². The van der Waals surface area contributed by atoms with Crippen LogP contribution in [0.3, 0.4) is 0 Å². The van der Waals surface area contributed by atoms with Gasteiger partial charge in [-0.2, -0.15) is 5.11 Å². The van der Waals surface area contributed by atoms with Gasteiger partial charge in [-0.15, -0.1) is 5.11 Å². The van der Waals surface area contributed by atoms with Crippen molar-refractivity contribution in [2.75, 3.05) is 6.54 Å². The topological polar surface area (TPSA) is 67.0 Å². The van der Waals surface area contributed by atoms with Crippen LogP contribution in [0.5, 0.6) is 0 Å². The standard InChI is InChI=1S/C12H6N4O/c17-9-5-13-8-2-1-6-3-7-4-14-16-12(7)15-11(6)10(8)9/h1-4H,5H2. The predicted octanol–water partition coefficient (Wildman–Crippen LogP) is 0.886. The van der Waals surface area contributed by atoms with Crippen molar-refractivity contribution in [1.82, 2.24) is 4.98 Å². The minimum absolute atomic E-state index is 0.0250. The van der Waals surface area contributed by atoms with E-state index in [9.17, 15) is 4.79 Å². The van der Waals surface area contributed by atoms with Gasteiger partial charge in [-0.3, -0.25) is 9.79 Å². The molecule has 0 aliphatic carbocycles. The van der Waals surface area contributed by atoms with Gasteiger partial charge in [0.25, 0.3) is 0 Å². The van der Waals surface area contributed by atoms with Crippen LogP contribution in [0.2, 0.25) is 0 Å². The SMILES string of the molecule is O=C1CN=c2ccc3cc4c(nc3c21)N=NC=4. The number of carbonyl (C=O) groups excluding carboxylic acids is 1. The van der Waals surface area contributed by atoms with Crippen LogP contribution in [0, 0.1) is 0 Å². The third-order valence-electron chi connectivity index (χ3n) is 3.00. The Bertz CT molecular complexity index is 836. The fourth-order valence-electron chi connectivity index (χ4n) is 2.20. The second kappa shape index (κ2) is 2.82. The lowest BCUT2D eigenvalue weighted by atomic mass is 10.1. The second-order valence-electron chi connectivity index (χ2n) is 4.02. The third kappa shape index (κ3) is 1.05. The summed E-state index contributed by atoms with van der Waals surface area (Å²) in [6, 6.07) is 5.74. The van der Waals surface area contributed by atoms with Crippen LogP contribution in [0.15, 0.2) is 33.4 Å². The monoisotopic (exact) mass is 222 g/mol. The second-order valence-corrected chi connectivity index (χ2v) is 4.02.